The second-order valence-electron chi connectivity index (χ2n) is 3.64. The van der Waals surface area contributed by atoms with Crippen molar-refractivity contribution in [2.75, 3.05) is 13.1 Å². The smallest absolute Gasteiger partial charge is 0.331 e. The van der Waals surface area contributed by atoms with Gasteiger partial charge in [0.2, 0.25) is 0 Å². The van der Waals surface area contributed by atoms with Crippen LogP contribution in [0.25, 0.3) is 0 Å². The Morgan fingerprint density at radius 2 is 2.36 bits per heavy atom. The van der Waals surface area contributed by atoms with Crippen LogP contribution in [0.5, 0.6) is 0 Å². The predicted molar refractivity (Wildman–Crippen MR) is 61.6 cm³/mol. The van der Waals surface area contributed by atoms with Crippen molar-refractivity contribution in [3.05, 3.63) is 0 Å². The molecule has 5 heteroatoms. The second kappa shape index (κ2) is 5.47. The molecule has 82 valence electrons. The van der Waals surface area contributed by atoms with Gasteiger partial charge in [-0.15, -0.1) is 0 Å². The molecular weight excluding hydrogens is 314 g/mol. The minimum atomic E-state index is -0.389. The highest BCUT2D eigenvalue weighted by molar-refractivity contribution is 9.25. The molecule has 0 saturated carbocycles. The Hall–Kier alpha value is 0.390. The number of hydrogen-bond acceptors (Lipinski definition) is 2. The van der Waals surface area contributed by atoms with E-state index in [4.69, 9.17) is 4.74 Å². The quantitative estimate of drug-likeness (QED) is 0.623. The molecule has 1 aliphatic rings. The van der Waals surface area contributed by atoms with Gasteiger partial charge in [0.1, 0.15) is 6.54 Å². The maximum absolute atomic E-state index is 11.4. The first-order valence-electron chi connectivity index (χ1n) is 4.92. The summed E-state index contributed by atoms with van der Waals surface area (Å²) >= 11 is 6.30. The Kier molecular flexibility index (Phi) is 4.87. The number of halogens is 2. The van der Waals surface area contributed by atoms with Crippen LogP contribution >= 0.6 is 31.9 Å². The summed E-state index contributed by atoms with van der Waals surface area (Å²) in [5, 5.41) is 2.22. The average Bonchev–Trinajstić information content (AvgIpc) is 2.19. The Labute approximate surface area is 101 Å². The van der Waals surface area contributed by atoms with E-state index in [1.54, 1.807) is 0 Å². The van der Waals surface area contributed by atoms with E-state index in [1.165, 1.54) is 0 Å². The number of esters is 1. The molecule has 0 aromatic carbocycles. The summed E-state index contributed by atoms with van der Waals surface area (Å²) in [4.78, 5) is 11.4. The summed E-state index contributed by atoms with van der Waals surface area (Å²) in [6.45, 7) is 4.11. The fraction of sp³-hybridized carbons (Fsp3) is 0.889. The van der Waals surface area contributed by atoms with Crippen LogP contribution < -0.4 is 5.32 Å². The third-order valence-electron chi connectivity index (χ3n) is 2.70. The first-order valence-corrected chi connectivity index (χ1v) is 6.75. The number of rotatable bonds is 3. The van der Waals surface area contributed by atoms with Crippen LogP contribution in [0.4, 0.5) is 0 Å². The van der Waals surface area contributed by atoms with Crippen molar-refractivity contribution in [1.29, 1.82) is 0 Å². The van der Waals surface area contributed by atoms with Gasteiger partial charge in [-0.1, -0.05) is 38.8 Å². The lowest BCUT2D eigenvalue weighted by Crippen LogP contribution is -2.90. The monoisotopic (exact) mass is 328 g/mol. The molecule has 0 bridgehead atoms. The minimum Gasteiger partial charge on any atom is -0.452 e. The largest absolute Gasteiger partial charge is 0.452 e. The standard InChI is InChI=1S/C9H15Br2NO2/c1-2-9(4-3-5-12-6-9)14-8(13)7(10)11/h7,12H,2-6H2,1H3/p+1. The zero-order valence-electron chi connectivity index (χ0n) is 8.26. The maximum atomic E-state index is 11.4. The van der Waals surface area contributed by atoms with Crippen molar-refractivity contribution in [2.45, 2.75) is 35.5 Å². The normalized spacial score (nSPS) is 27.7. The van der Waals surface area contributed by atoms with Crippen LogP contribution in [-0.4, -0.2) is 28.4 Å². The first kappa shape index (κ1) is 12.5. The summed E-state index contributed by atoms with van der Waals surface area (Å²) in [7, 11) is 0. The molecule has 0 aromatic rings. The number of carbonyl (C=O) groups excluding carboxylic acids is 1. The summed E-state index contributed by atoms with van der Waals surface area (Å²) in [5.74, 6) is -0.220. The zero-order chi connectivity index (χ0) is 10.6. The summed E-state index contributed by atoms with van der Waals surface area (Å²) < 4.78 is 5.14. The van der Waals surface area contributed by atoms with Crippen LogP contribution in [0.2, 0.25) is 0 Å². The van der Waals surface area contributed by atoms with Gasteiger partial charge in [0.05, 0.1) is 6.54 Å². The van der Waals surface area contributed by atoms with Gasteiger partial charge in [0, 0.05) is 6.42 Å². The fourth-order valence-electron chi connectivity index (χ4n) is 1.78. The van der Waals surface area contributed by atoms with E-state index in [0.29, 0.717) is 0 Å². The molecule has 1 rings (SSSR count). The van der Waals surface area contributed by atoms with E-state index in [2.05, 4.69) is 44.1 Å². The lowest BCUT2D eigenvalue weighted by Gasteiger charge is -2.34. The van der Waals surface area contributed by atoms with E-state index in [1.807, 2.05) is 0 Å². The summed E-state index contributed by atoms with van der Waals surface area (Å²) in [6.07, 6.45) is 3.00. The molecule has 0 spiro atoms. The van der Waals surface area contributed by atoms with Gasteiger partial charge >= 0.3 is 5.97 Å². The Morgan fingerprint density at radius 1 is 1.64 bits per heavy atom. The average molecular weight is 330 g/mol. The highest BCUT2D eigenvalue weighted by Gasteiger charge is 2.37. The zero-order valence-corrected chi connectivity index (χ0v) is 11.4. The molecule has 2 N–H and O–H groups in total. The van der Waals surface area contributed by atoms with Crippen LogP contribution in [0.3, 0.4) is 0 Å². The van der Waals surface area contributed by atoms with Crippen molar-refractivity contribution < 1.29 is 14.8 Å². The van der Waals surface area contributed by atoms with Crippen LogP contribution in [0.15, 0.2) is 0 Å². The number of hydrogen-bond donors (Lipinski definition) is 1. The molecule has 0 amide bonds. The van der Waals surface area contributed by atoms with E-state index >= 15 is 0 Å². The van der Waals surface area contributed by atoms with E-state index in [9.17, 15) is 4.79 Å². The van der Waals surface area contributed by atoms with Crippen molar-refractivity contribution in [2.24, 2.45) is 0 Å². The molecule has 0 aromatic heterocycles. The lowest BCUT2D eigenvalue weighted by atomic mass is 9.91. The minimum absolute atomic E-state index is 0.220. The highest BCUT2D eigenvalue weighted by Crippen LogP contribution is 2.25. The number of alkyl halides is 2. The third-order valence-corrected chi connectivity index (χ3v) is 3.44. The van der Waals surface area contributed by atoms with Crippen molar-refractivity contribution in [1.82, 2.24) is 0 Å². The number of quaternary nitrogens is 1. The fourth-order valence-corrected chi connectivity index (χ4v) is 1.97. The molecular formula is C9H16Br2NO2+. The van der Waals surface area contributed by atoms with Gasteiger partial charge in [-0.2, -0.15) is 0 Å². The summed E-state index contributed by atoms with van der Waals surface area (Å²) in [6, 6.07) is 0. The third kappa shape index (κ3) is 3.21. The Balaban J connectivity index is 2.56. The molecule has 3 nitrogen and oxygen atoms in total. The van der Waals surface area contributed by atoms with Crippen molar-refractivity contribution in [3.63, 3.8) is 0 Å². The molecule has 0 aliphatic carbocycles. The second-order valence-corrected chi connectivity index (χ2v) is 6.70. The molecule has 1 aliphatic heterocycles. The summed E-state index contributed by atoms with van der Waals surface area (Å²) in [5.41, 5.74) is -0.241. The van der Waals surface area contributed by atoms with Crippen LogP contribution in [0, 0.1) is 0 Å². The van der Waals surface area contributed by atoms with Crippen molar-refractivity contribution >= 4 is 37.8 Å². The maximum Gasteiger partial charge on any atom is 0.331 e. The van der Waals surface area contributed by atoms with Gasteiger partial charge < -0.3 is 10.1 Å². The van der Waals surface area contributed by atoms with E-state index < -0.39 is 0 Å². The highest BCUT2D eigenvalue weighted by atomic mass is 79.9. The predicted octanol–water partition coefficient (Wildman–Crippen LogP) is 1.15. The lowest BCUT2D eigenvalue weighted by molar-refractivity contribution is -0.676. The SMILES string of the molecule is CCC1(OC(=O)C(Br)Br)CCC[NH2+]C1. The van der Waals surface area contributed by atoms with Crippen LogP contribution in [-0.2, 0) is 9.53 Å². The molecule has 1 heterocycles. The van der Waals surface area contributed by atoms with Gasteiger partial charge in [-0.25, -0.2) is 4.79 Å². The Morgan fingerprint density at radius 3 is 2.79 bits per heavy atom. The Bertz CT molecular complexity index is 203. The number of ether oxygens (including phenoxy) is 1. The van der Waals surface area contributed by atoms with Gasteiger partial charge in [-0.3, -0.25) is 0 Å². The van der Waals surface area contributed by atoms with Gasteiger partial charge in [0.15, 0.2) is 9.34 Å². The molecule has 1 fully saturated rings. The van der Waals surface area contributed by atoms with Gasteiger partial charge in [-0.05, 0) is 12.8 Å². The molecule has 1 atom stereocenters. The van der Waals surface area contributed by atoms with Crippen molar-refractivity contribution in [3.8, 4) is 0 Å². The number of nitrogens with two attached hydrogens (primary N) is 1. The topological polar surface area (TPSA) is 42.9 Å². The van der Waals surface area contributed by atoms with E-state index in [0.717, 1.165) is 32.4 Å². The van der Waals surface area contributed by atoms with Gasteiger partial charge in [0.25, 0.3) is 0 Å². The first-order chi connectivity index (χ1) is 6.59. The number of piperidine rings is 1. The number of carbonyl (C=O) groups is 1. The van der Waals surface area contributed by atoms with Crippen LogP contribution in [0.1, 0.15) is 26.2 Å². The van der Waals surface area contributed by atoms with E-state index in [-0.39, 0.29) is 15.3 Å². The molecule has 1 saturated heterocycles. The molecule has 0 radical (unpaired) electrons. The molecule has 1 unspecified atom stereocenters. The molecule has 14 heavy (non-hydrogen) atoms.